The monoisotopic (exact) mass is 452 g/mol. The molecule has 3 amide bonds. The van der Waals surface area contributed by atoms with Crippen LogP contribution in [0.3, 0.4) is 0 Å². The van der Waals surface area contributed by atoms with Gasteiger partial charge in [0, 0.05) is 5.56 Å². The van der Waals surface area contributed by atoms with Crippen molar-refractivity contribution in [1.29, 1.82) is 0 Å². The zero-order valence-corrected chi connectivity index (χ0v) is 17.9. The van der Waals surface area contributed by atoms with Gasteiger partial charge in [0.15, 0.2) is 0 Å². The molecule has 1 saturated heterocycles. The van der Waals surface area contributed by atoms with Gasteiger partial charge in [-0.05, 0) is 35.4 Å². The molecular weight excluding hydrogens is 435 g/mol. The van der Waals surface area contributed by atoms with Gasteiger partial charge in [-0.3, -0.25) is 9.69 Å². The molecule has 1 heterocycles. The molecule has 0 aliphatic carbocycles. The first-order valence-electron chi connectivity index (χ1n) is 9.55. The molecule has 1 N–H and O–H groups in total. The summed E-state index contributed by atoms with van der Waals surface area (Å²) in [6, 6.07) is 21.5. The number of carbonyl (C=O) groups is 2. The number of nitrogens with zero attached hydrogens (tertiary/aromatic N) is 1. The second kappa shape index (κ2) is 9.25. The van der Waals surface area contributed by atoms with Crippen molar-refractivity contribution in [3.63, 3.8) is 0 Å². The summed E-state index contributed by atoms with van der Waals surface area (Å²) < 4.78 is 5.93. The molecule has 4 rings (SSSR count). The number of hydrogen-bond donors (Lipinski definition) is 1. The second-order valence-electron chi connectivity index (χ2n) is 6.94. The van der Waals surface area contributed by atoms with E-state index in [9.17, 15) is 9.59 Å². The maximum absolute atomic E-state index is 12.8. The molecule has 3 aromatic rings. The lowest BCUT2D eigenvalue weighted by atomic mass is 10.1. The Balaban J connectivity index is 1.51. The first-order chi connectivity index (χ1) is 15.0. The van der Waals surface area contributed by atoms with Gasteiger partial charge in [-0.1, -0.05) is 77.8 Å². The van der Waals surface area contributed by atoms with Crippen molar-refractivity contribution in [1.82, 2.24) is 10.2 Å². The van der Waals surface area contributed by atoms with E-state index in [0.717, 1.165) is 11.1 Å². The molecule has 0 spiro atoms. The summed E-state index contributed by atoms with van der Waals surface area (Å²) in [4.78, 5) is 26.3. The minimum Gasteiger partial charge on any atom is -0.488 e. The highest BCUT2D eigenvalue weighted by atomic mass is 35.5. The topological polar surface area (TPSA) is 58.6 Å². The molecular formula is C24H18Cl2N2O3. The molecule has 1 aliphatic heterocycles. The first kappa shape index (κ1) is 21.0. The van der Waals surface area contributed by atoms with Crippen molar-refractivity contribution >= 4 is 41.2 Å². The number of halogens is 2. The SMILES string of the molecule is O=C1N/C(=C/c2ccccc2OCc2ccc(Cl)c(Cl)c2)C(=O)N1Cc1ccccc1. The molecule has 0 radical (unpaired) electrons. The minimum atomic E-state index is -0.450. The average Bonchev–Trinajstić information content (AvgIpc) is 3.03. The number of carbonyl (C=O) groups excluding carboxylic acids is 2. The lowest BCUT2D eigenvalue weighted by molar-refractivity contribution is -0.123. The number of nitrogens with one attached hydrogen (secondary N) is 1. The summed E-state index contributed by atoms with van der Waals surface area (Å²) >= 11 is 12.0. The summed E-state index contributed by atoms with van der Waals surface area (Å²) in [7, 11) is 0. The summed E-state index contributed by atoms with van der Waals surface area (Å²) in [6.07, 6.45) is 1.62. The molecule has 3 aromatic carbocycles. The van der Waals surface area contributed by atoms with Crippen LogP contribution in [0.25, 0.3) is 6.08 Å². The molecule has 1 fully saturated rings. The van der Waals surface area contributed by atoms with Crippen LogP contribution in [0.2, 0.25) is 10.0 Å². The molecule has 1 aliphatic rings. The molecule has 156 valence electrons. The highest BCUT2D eigenvalue weighted by Crippen LogP contribution is 2.26. The number of para-hydroxylation sites is 1. The van der Waals surface area contributed by atoms with Crippen molar-refractivity contribution < 1.29 is 14.3 Å². The second-order valence-corrected chi connectivity index (χ2v) is 7.75. The molecule has 0 bridgehead atoms. The fraction of sp³-hybridized carbons (Fsp3) is 0.0833. The van der Waals surface area contributed by atoms with E-state index in [2.05, 4.69) is 5.32 Å². The lowest BCUT2D eigenvalue weighted by Crippen LogP contribution is -2.30. The van der Waals surface area contributed by atoms with Crippen molar-refractivity contribution in [2.45, 2.75) is 13.2 Å². The molecule has 0 unspecified atom stereocenters. The van der Waals surface area contributed by atoms with Crippen LogP contribution < -0.4 is 10.1 Å². The maximum Gasteiger partial charge on any atom is 0.329 e. The van der Waals surface area contributed by atoms with Gasteiger partial charge in [-0.2, -0.15) is 0 Å². The number of urea groups is 1. The summed E-state index contributed by atoms with van der Waals surface area (Å²) in [5, 5.41) is 3.58. The van der Waals surface area contributed by atoms with Gasteiger partial charge < -0.3 is 10.1 Å². The van der Waals surface area contributed by atoms with Gasteiger partial charge >= 0.3 is 6.03 Å². The van der Waals surface area contributed by atoms with Crippen molar-refractivity contribution in [2.75, 3.05) is 0 Å². The van der Waals surface area contributed by atoms with Crippen LogP contribution in [-0.4, -0.2) is 16.8 Å². The van der Waals surface area contributed by atoms with Crippen LogP contribution in [0, 0.1) is 0 Å². The van der Waals surface area contributed by atoms with E-state index in [1.54, 1.807) is 24.3 Å². The van der Waals surface area contributed by atoms with Gasteiger partial charge in [0.05, 0.1) is 16.6 Å². The van der Waals surface area contributed by atoms with E-state index in [0.29, 0.717) is 21.4 Å². The van der Waals surface area contributed by atoms with Crippen molar-refractivity contribution in [2.24, 2.45) is 0 Å². The number of hydrogen-bond acceptors (Lipinski definition) is 3. The fourth-order valence-electron chi connectivity index (χ4n) is 3.16. The average molecular weight is 453 g/mol. The van der Waals surface area contributed by atoms with Gasteiger partial charge in [-0.15, -0.1) is 0 Å². The van der Waals surface area contributed by atoms with Gasteiger partial charge in [0.2, 0.25) is 0 Å². The van der Waals surface area contributed by atoms with Gasteiger partial charge in [0.25, 0.3) is 5.91 Å². The van der Waals surface area contributed by atoms with Crippen LogP contribution in [-0.2, 0) is 17.9 Å². The largest absolute Gasteiger partial charge is 0.488 e. The predicted octanol–water partition coefficient (Wildman–Crippen LogP) is 5.67. The number of amides is 3. The summed E-state index contributed by atoms with van der Waals surface area (Å²) in [5.41, 5.74) is 2.60. The lowest BCUT2D eigenvalue weighted by Gasteiger charge is -2.11. The molecule has 31 heavy (non-hydrogen) atoms. The quantitative estimate of drug-likeness (QED) is 0.387. The molecule has 7 heteroatoms. The van der Waals surface area contributed by atoms with Crippen molar-refractivity contribution in [3.8, 4) is 5.75 Å². The number of imide groups is 1. The first-order valence-corrected chi connectivity index (χ1v) is 10.3. The zero-order valence-electron chi connectivity index (χ0n) is 16.3. The third kappa shape index (κ3) is 4.90. The van der Waals surface area contributed by atoms with E-state index in [1.165, 1.54) is 4.90 Å². The van der Waals surface area contributed by atoms with Crippen LogP contribution >= 0.6 is 23.2 Å². The van der Waals surface area contributed by atoms with E-state index in [4.69, 9.17) is 27.9 Å². The summed E-state index contributed by atoms with van der Waals surface area (Å²) in [6.45, 7) is 0.482. The van der Waals surface area contributed by atoms with Gasteiger partial charge in [0.1, 0.15) is 18.1 Å². The van der Waals surface area contributed by atoms with Crippen LogP contribution in [0.1, 0.15) is 16.7 Å². The Morgan fingerprint density at radius 2 is 1.61 bits per heavy atom. The maximum atomic E-state index is 12.8. The standard InChI is InChI=1S/C24H18Cl2N2O3/c25-19-11-10-17(12-20(19)26)15-31-22-9-5-4-8-18(22)13-21-23(29)28(24(30)27-21)14-16-6-2-1-3-7-16/h1-13H,14-15H2,(H,27,30)/b21-13+. The smallest absolute Gasteiger partial charge is 0.329 e. The van der Waals surface area contributed by atoms with Crippen LogP contribution in [0.4, 0.5) is 4.79 Å². The Morgan fingerprint density at radius 1 is 0.871 bits per heavy atom. The van der Waals surface area contributed by atoms with Crippen LogP contribution in [0.5, 0.6) is 5.75 Å². The summed E-state index contributed by atoms with van der Waals surface area (Å²) in [5.74, 6) is 0.192. The molecule has 0 atom stereocenters. The number of benzene rings is 3. The number of rotatable bonds is 6. The van der Waals surface area contributed by atoms with E-state index in [-0.39, 0.29) is 24.8 Å². The van der Waals surface area contributed by atoms with E-state index in [1.807, 2.05) is 54.6 Å². The normalized spacial score (nSPS) is 14.8. The molecule has 0 aromatic heterocycles. The van der Waals surface area contributed by atoms with Gasteiger partial charge in [-0.25, -0.2) is 4.79 Å². The Morgan fingerprint density at radius 3 is 2.39 bits per heavy atom. The van der Waals surface area contributed by atoms with E-state index >= 15 is 0 Å². The highest BCUT2D eigenvalue weighted by Gasteiger charge is 2.33. The molecule has 0 saturated carbocycles. The molecule has 5 nitrogen and oxygen atoms in total. The zero-order chi connectivity index (χ0) is 21.8. The third-order valence-corrected chi connectivity index (χ3v) is 5.48. The minimum absolute atomic E-state index is 0.200. The van der Waals surface area contributed by atoms with E-state index < -0.39 is 6.03 Å². The fourth-order valence-corrected chi connectivity index (χ4v) is 3.48. The Labute approximate surface area is 189 Å². The Hall–Kier alpha value is -3.28. The van der Waals surface area contributed by atoms with Crippen LogP contribution in [0.15, 0.2) is 78.5 Å². The third-order valence-electron chi connectivity index (χ3n) is 4.74. The number of ether oxygens (including phenoxy) is 1. The van der Waals surface area contributed by atoms with Crippen molar-refractivity contribution in [3.05, 3.63) is 105 Å². The predicted molar refractivity (Wildman–Crippen MR) is 121 cm³/mol. The highest BCUT2D eigenvalue weighted by molar-refractivity contribution is 6.42. The Bertz CT molecular complexity index is 1160. The Kier molecular flexibility index (Phi) is 6.26.